The Bertz CT molecular complexity index is 1260. The minimum atomic E-state index is -1.07. The van der Waals surface area contributed by atoms with Crippen LogP contribution in [0.4, 0.5) is 11.4 Å². The zero-order valence-electron chi connectivity index (χ0n) is 21.9. The van der Waals surface area contributed by atoms with Gasteiger partial charge >= 0.3 is 0 Å². The van der Waals surface area contributed by atoms with Crippen molar-refractivity contribution in [1.29, 1.82) is 0 Å². The molecule has 11 heteroatoms. The standard InChI is InChI=1S/C27H33N5O5S/c1-5-37-20-12-8-18(9-13-20)32(27(35)24-21(28)22(25(29)33)31-38-24)23(26(34)30-15-14-16(2)3)17-6-10-19(36-4)11-7-17/h6-13,16,23H,5,14-15,28H2,1-4H3,(H2,29,33)(H,30,34)/t23-/m0/s1. The molecule has 3 aromatic rings. The summed E-state index contributed by atoms with van der Waals surface area (Å²) in [6, 6.07) is 12.6. The van der Waals surface area contributed by atoms with Crippen LogP contribution in [0.1, 0.15) is 59.0 Å². The van der Waals surface area contributed by atoms with Crippen LogP contribution in [-0.2, 0) is 4.79 Å². The molecule has 3 amide bonds. The van der Waals surface area contributed by atoms with Crippen LogP contribution in [0.25, 0.3) is 0 Å². The van der Waals surface area contributed by atoms with Gasteiger partial charge in [-0.2, -0.15) is 4.37 Å². The smallest absolute Gasteiger partial charge is 0.273 e. The number of anilines is 2. The van der Waals surface area contributed by atoms with Gasteiger partial charge in [-0.15, -0.1) is 0 Å². The number of aromatic nitrogens is 1. The summed E-state index contributed by atoms with van der Waals surface area (Å²) < 4.78 is 14.8. The predicted octanol–water partition coefficient (Wildman–Crippen LogP) is 3.78. The summed E-state index contributed by atoms with van der Waals surface area (Å²) in [5.74, 6) is -0.233. The Hall–Kier alpha value is -4.12. The topological polar surface area (TPSA) is 150 Å². The van der Waals surface area contributed by atoms with Crippen LogP contribution in [-0.4, -0.2) is 42.4 Å². The number of amides is 3. The molecule has 202 valence electrons. The number of nitrogen functional groups attached to an aromatic ring is 1. The molecule has 1 atom stereocenters. The molecule has 0 fully saturated rings. The zero-order chi connectivity index (χ0) is 27.8. The number of hydrogen-bond acceptors (Lipinski definition) is 8. The first kappa shape index (κ1) is 28.5. The number of nitrogens with two attached hydrogens (primary N) is 2. The van der Waals surface area contributed by atoms with E-state index in [4.69, 9.17) is 20.9 Å². The van der Waals surface area contributed by atoms with Crippen molar-refractivity contribution in [2.45, 2.75) is 33.2 Å². The fourth-order valence-electron chi connectivity index (χ4n) is 3.78. The van der Waals surface area contributed by atoms with E-state index in [1.165, 1.54) is 4.90 Å². The summed E-state index contributed by atoms with van der Waals surface area (Å²) in [5.41, 5.74) is 12.1. The molecule has 2 aromatic carbocycles. The van der Waals surface area contributed by atoms with Gasteiger partial charge in [0, 0.05) is 12.2 Å². The van der Waals surface area contributed by atoms with Crippen LogP contribution >= 0.6 is 11.5 Å². The Morgan fingerprint density at radius 3 is 2.21 bits per heavy atom. The number of nitrogens with zero attached hydrogens (tertiary/aromatic N) is 2. The van der Waals surface area contributed by atoms with Gasteiger partial charge in [0.2, 0.25) is 5.91 Å². The summed E-state index contributed by atoms with van der Waals surface area (Å²) in [6.07, 6.45) is 0.766. The van der Waals surface area contributed by atoms with Crippen molar-refractivity contribution in [2.75, 3.05) is 30.9 Å². The van der Waals surface area contributed by atoms with Gasteiger partial charge in [0.05, 0.1) is 19.4 Å². The number of nitrogens with one attached hydrogen (secondary N) is 1. The molecule has 0 saturated carbocycles. The highest BCUT2D eigenvalue weighted by atomic mass is 32.1. The van der Waals surface area contributed by atoms with E-state index in [0.717, 1.165) is 18.0 Å². The van der Waals surface area contributed by atoms with Gasteiger partial charge < -0.3 is 26.3 Å². The first-order valence-electron chi connectivity index (χ1n) is 12.2. The normalized spacial score (nSPS) is 11.6. The fourth-order valence-corrected chi connectivity index (χ4v) is 4.52. The Labute approximate surface area is 226 Å². The number of carbonyl (C=O) groups excluding carboxylic acids is 3. The summed E-state index contributed by atoms with van der Waals surface area (Å²) >= 11 is 0.756. The summed E-state index contributed by atoms with van der Waals surface area (Å²) in [7, 11) is 1.55. The quantitative estimate of drug-likeness (QED) is 0.317. The maximum atomic E-state index is 14.1. The monoisotopic (exact) mass is 539 g/mol. The number of hydrogen-bond donors (Lipinski definition) is 3. The average molecular weight is 540 g/mol. The molecule has 10 nitrogen and oxygen atoms in total. The van der Waals surface area contributed by atoms with Crippen molar-refractivity contribution in [2.24, 2.45) is 11.7 Å². The van der Waals surface area contributed by atoms with Gasteiger partial charge in [-0.1, -0.05) is 26.0 Å². The molecule has 0 aliphatic carbocycles. The van der Waals surface area contributed by atoms with E-state index >= 15 is 0 Å². The van der Waals surface area contributed by atoms with Gasteiger partial charge in [-0.05, 0) is 72.8 Å². The Balaban J connectivity index is 2.15. The van der Waals surface area contributed by atoms with Crippen molar-refractivity contribution >= 4 is 40.6 Å². The lowest BCUT2D eigenvalue weighted by atomic mass is 10.0. The molecule has 0 aliphatic heterocycles. The van der Waals surface area contributed by atoms with Crippen LogP contribution < -0.4 is 31.2 Å². The molecule has 38 heavy (non-hydrogen) atoms. The predicted molar refractivity (Wildman–Crippen MR) is 148 cm³/mol. The van der Waals surface area contributed by atoms with E-state index in [0.29, 0.717) is 41.8 Å². The molecule has 0 saturated heterocycles. The minimum Gasteiger partial charge on any atom is -0.497 e. The molecule has 0 unspecified atom stereocenters. The third-order valence-corrected chi connectivity index (χ3v) is 6.61. The van der Waals surface area contributed by atoms with Crippen molar-refractivity contribution < 1.29 is 23.9 Å². The molecule has 0 bridgehead atoms. The van der Waals surface area contributed by atoms with Gasteiger partial charge in [0.1, 0.15) is 22.4 Å². The first-order valence-corrected chi connectivity index (χ1v) is 13.0. The second-order valence-corrected chi connectivity index (χ2v) is 9.66. The van der Waals surface area contributed by atoms with Crippen LogP contribution in [0.15, 0.2) is 48.5 Å². The van der Waals surface area contributed by atoms with E-state index in [9.17, 15) is 14.4 Å². The maximum absolute atomic E-state index is 14.1. The molecule has 0 spiro atoms. The molecular weight excluding hydrogens is 506 g/mol. The molecule has 3 rings (SSSR count). The second-order valence-electron chi connectivity index (χ2n) is 8.89. The van der Waals surface area contributed by atoms with E-state index in [-0.39, 0.29) is 22.2 Å². The van der Waals surface area contributed by atoms with Crippen LogP contribution in [0.2, 0.25) is 0 Å². The van der Waals surface area contributed by atoms with Gasteiger partial charge in [-0.25, -0.2) is 0 Å². The van der Waals surface area contributed by atoms with E-state index in [1.807, 2.05) is 6.92 Å². The Morgan fingerprint density at radius 1 is 1.05 bits per heavy atom. The lowest BCUT2D eigenvalue weighted by Gasteiger charge is -2.31. The van der Waals surface area contributed by atoms with Gasteiger partial charge in [-0.3, -0.25) is 19.3 Å². The van der Waals surface area contributed by atoms with Crippen molar-refractivity contribution in [3.8, 4) is 11.5 Å². The van der Waals surface area contributed by atoms with Crippen LogP contribution in [0.5, 0.6) is 11.5 Å². The summed E-state index contributed by atoms with van der Waals surface area (Å²) in [4.78, 5) is 40.9. The lowest BCUT2D eigenvalue weighted by Crippen LogP contribution is -2.44. The Kier molecular flexibility index (Phi) is 9.66. The molecule has 0 aliphatic rings. The van der Waals surface area contributed by atoms with E-state index in [1.54, 1.807) is 55.6 Å². The molecule has 1 aromatic heterocycles. The largest absolute Gasteiger partial charge is 0.497 e. The number of methoxy groups -OCH3 is 1. The summed E-state index contributed by atoms with van der Waals surface area (Å²) in [5, 5.41) is 2.96. The SMILES string of the molecule is CCOc1ccc(N(C(=O)c2snc(C(N)=O)c2N)[C@H](C(=O)NCCC(C)C)c2ccc(OC)cc2)cc1. The maximum Gasteiger partial charge on any atom is 0.273 e. The number of primary amides is 1. The van der Waals surface area contributed by atoms with E-state index < -0.39 is 17.9 Å². The van der Waals surface area contributed by atoms with Crippen molar-refractivity contribution in [3.63, 3.8) is 0 Å². The number of benzene rings is 2. The zero-order valence-corrected chi connectivity index (χ0v) is 22.7. The first-order chi connectivity index (χ1) is 18.2. The molecular formula is C27H33N5O5S. The molecule has 0 radical (unpaired) electrons. The third-order valence-electron chi connectivity index (χ3n) is 5.76. The highest BCUT2D eigenvalue weighted by Gasteiger charge is 2.36. The number of ether oxygens (including phenoxy) is 2. The van der Waals surface area contributed by atoms with Crippen molar-refractivity contribution in [1.82, 2.24) is 9.69 Å². The fraction of sp³-hybridized carbons (Fsp3) is 0.333. The lowest BCUT2D eigenvalue weighted by molar-refractivity contribution is -0.122. The number of carbonyl (C=O) groups is 3. The van der Waals surface area contributed by atoms with E-state index in [2.05, 4.69) is 23.5 Å². The highest BCUT2D eigenvalue weighted by Crippen LogP contribution is 2.34. The average Bonchev–Trinajstić information content (AvgIpc) is 3.29. The highest BCUT2D eigenvalue weighted by molar-refractivity contribution is 7.09. The van der Waals surface area contributed by atoms with Crippen LogP contribution in [0, 0.1) is 5.92 Å². The van der Waals surface area contributed by atoms with Crippen molar-refractivity contribution in [3.05, 3.63) is 64.7 Å². The minimum absolute atomic E-state index is 0.00109. The molecule has 5 N–H and O–H groups in total. The van der Waals surface area contributed by atoms with Crippen LogP contribution in [0.3, 0.4) is 0 Å². The van der Waals surface area contributed by atoms with Gasteiger partial charge in [0.25, 0.3) is 11.8 Å². The number of rotatable bonds is 12. The van der Waals surface area contributed by atoms with Gasteiger partial charge in [0.15, 0.2) is 5.69 Å². The second kappa shape index (κ2) is 12.9. The summed E-state index contributed by atoms with van der Waals surface area (Å²) in [6.45, 7) is 6.90. The Morgan fingerprint density at radius 2 is 1.68 bits per heavy atom. The molecule has 1 heterocycles. The third kappa shape index (κ3) is 6.60.